The van der Waals surface area contributed by atoms with Crippen molar-refractivity contribution in [3.8, 4) is 5.75 Å². The maximum Gasteiger partial charge on any atom is 0.328 e. The van der Waals surface area contributed by atoms with Crippen LogP contribution < -0.4 is 97.9 Å². The van der Waals surface area contributed by atoms with Crippen molar-refractivity contribution in [1.29, 1.82) is 0 Å². The van der Waals surface area contributed by atoms with Crippen LogP contribution in [0.5, 0.6) is 5.75 Å². The van der Waals surface area contributed by atoms with Gasteiger partial charge in [-0.2, -0.15) is 0 Å². The minimum Gasteiger partial charge on any atom is -0.508 e. The Hall–Kier alpha value is -9.25. The largest absolute Gasteiger partial charge is 0.508 e. The number of primary amides is 2. The lowest BCUT2D eigenvalue weighted by atomic mass is 9.99. The van der Waals surface area contributed by atoms with Gasteiger partial charge in [0.15, 0.2) is 6.04 Å². The first-order chi connectivity index (χ1) is 51.3. The fourth-order valence-corrected chi connectivity index (χ4v) is 11.5. The van der Waals surface area contributed by atoms with E-state index >= 15 is 0 Å². The number of carbonyl (C=O) groups excluding carboxylic acids is 14. The Balaban J connectivity index is 2.50. The number of hydrazine groups is 1. The second-order valence-corrected chi connectivity index (χ2v) is 28.6. The first-order valence-corrected chi connectivity index (χ1v) is 37.1. The van der Waals surface area contributed by atoms with Crippen LogP contribution in [-0.4, -0.2) is 250 Å². The van der Waals surface area contributed by atoms with E-state index in [1.165, 1.54) is 31.2 Å². The Morgan fingerprint density at radius 3 is 1.39 bits per heavy atom. The predicted octanol–water partition coefficient (Wildman–Crippen LogP) is -6.53. The average Bonchev–Trinajstić information content (AvgIpc) is 0.886. The summed E-state index contributed by atoms with van der Waals surface area (Å²) in [5.41, 5.74) is 31.2. The number of hydrogen-bond donors (Lipinski definition) is 23. The SMILES string of the molecule is CC(C)C[C@H](NC(=O)CN(C[C@H](O)CO)NC(=O)[C@H](CC(N)=O)NC(=O)[C@H](CCC(N)=O)NC(=O)[C@H](CCCCN)NC(=O)[C@@H](NC(=O)[C@H](Cc1ccc(O)cc1)NC(=O)[C@H](CCCCN)NC(=O)[C@@H]1CCCN1)C(C)C)C(=O)N[C@@H](CCCCN)C(=O)N[C@@H](CC(C)C)C(=O)N[C@@H](C)C(=O)N[C@H](C(=O)O)[C@@H](C)O. The predicted molar refractivity (Wildman–Crippen MR) is 397 cm³/mol. The molecule has 109 heavy (non-hydrogen) atoms. The second kappa shape index (κ2) is 50.5. The number of aliphatic hydroxyl groups excluding tert-OH is 3. The number of aliphatic carboxylic acids is 1. The molecule has 28 N–H and O–H groups in total. The molecule has 0 bridgehead atoms. The van der Waals surface area contributed by atoms with E-state index < -0.39 is 218 Å². The fourth-order valence-electron chi connectivity index (χ4n) is 11.5. The zero-order valence-electron chi connectivity index (χ0n) is 63.8. The van der Waals surface area contributed by atoms with Crippen LogP contribution in [0.3, 0.4) is 0 Å². The van der Waals surface area contributed by atoms with Gasteiger partial charge in [-0.25, -0.2) is 9.80 Å². The van der Waals surface area contributed by atoms with Gasteiger partial charge in [0.05, 0.1) is 37.8 Å². The Morgan fingerprint density at radius 1 is 0.505 bits per heavy atom. The highest BCUT2D eigenvalue weighted by Gasteiger charge is 2.38. The summed E-state index contributed by atoms with van der Waals surface area (Å²) in [5, 5.41) is 81.8. The van der Waals surface area contributed by atoms with Crippen LogP contribution in [-0.2, 0) is 78.3 Å². The number of hydrogen-bond acceptors (Lipinski definition) is 24. The van der Waals surface area contributed by atoms with Crippen LogP contribution in [0.4, 0.5) is 0 Å². The van der Waals surface area contributed by atoms with E-state index in [1.54, 1.807) is 41.5 Å². The van der Waals surface area contributed by atoms with Gasteiger partial charge in [-0.3, -0.25) is 72.5 Å². The van der Waals surface area contributed by atoms with Crippen molar-refractivity contribution >= 4 is 88.7 Å². The third kappa shape index (κ3) is 37.1. The van der Waals surface area contributed by atoms with Crippen molar-refractivity contribution in [1.82, 2.24) is 74.2 Å². The molecule has 0 aliphatic carbocycles. The first-order valence-electron chi connectivity index (χ1n) is 37.1. The van der Waals surface area contributed by atoms with E-state index in [0.717, 1.165) is 18.4 Å². The number of unbranched alkanes of at least 4 members (excludes halogenated alkanes) is 3. The molecule has 0 spiro atoms. The zero-order valence-corrected chi connectivity index (χ0v) is 63.8. The molecule has 1 heterocycles. The van der Waals surface area contributed by atoms with Crippen molar-refractivity contribution in [2.75, 3.05) is 45.9 Å². The van der Waals surface area contributed by atoms with E-state index in [1.807, 2.05) is 0 Å². The van der Waals surface area contributed by atoms with Crippen LogP contribution in [0.15, 0.2) is 24.3 Å². The number of aliphatic hydroxyl groups is 3. The van der Waals surface area contributed by atoms with E-state index in [4.69, 9.17) is 28.7 Å². The lowest BCUT2D eigenvalue weighted by molar-refractivity contribution is -0.145. The number of phenolic OH excluding ortho intramolecular Hbond substituents is 1. The van der Waals surface area contributed by atoms with Gasteiger partial charge in [0, 0.05) is 19.4 Å². The molecule has 1 aromatic carbocycles. The number of carbonyl (C=O) groups is 15. The number of phenols is 1. The quantitative estimate of drug-likeness (QED) is 0.0213. The topological polar surface area (TPSA) is 647 Å². The number of carboxylic acids is 1. The molecular weight excluding hydrogens is 1430 g/mol. The Morgan fingerprint density at radius 2 is 0.945 bits per heavy atom. The molecule has 14 amide bonds. The van der Waals surface area contributed by atoms with Gasteiger partial charge in [-0.1, -0.05) is 53.7 Å². The molecule has 39 heteroatoms. The standard InChI is InChI=1S/C70H121N19O20/c1-37(2)30-50(66(104)80-47(17-10-13-27-72)62(100)83-51(31-38(3)4)65(103)77-40(7)59(97)87-58(41(8)91)70(108)109)78-56(96)35-89(34-44(93)36-90)88-68(106)53(33-55(75)95)85-64(102)49(24-25-54(74)94)81-61(99)48(18-11-14-28-73)82-69(107)57(39(5)6)86-67(105)52(32-42-20-22-43(92)23-21-42)84-63(101)46(16-9-12-26-71)79-60(98)45-19-15-29-76-45/h20-23,37-41,44-53,57-58,76,90-93H,9-19,24-36,71-73H2,1-8H3,(H2,74,94)(H2,75,95)(H,77,103)(H,78,96)(H,79,98)(H,80,104)(H,81,99)(H,82,107)(H,83,100)(H,84,101)(H,85,102)(H,86,105)(H,87,97)(H,88,106)(H,108,109)/t40-,41+,44-,45-,46-,47-,48-,49-,50-,51-,52-,53-,57-,58-/m0/s1. The first kappa shape index (κ1) is 95.8. The lowest BCUT2D eigenvalue weighted by Gasteiger charge is -2.30. The summed E-state index contributed by atoms with van der Waals surface area (Å²) in [6, 6.07) is -11.1. The Labute approximate surface area is 635 Å². The summed E-state index contributed by atoms with van der Waals surface area (Å²) in [6.45, 7) is 11.2. The van der Waals surface area contributed by atoms with Crippen molar-refractivity contribution in [3.63, 3.8) is 0 Å². The molecule has 2 rings (SSSR count). The van der Waals surface area contributed by atoms with Crippen LogP contribution >= 0.6 is 0 Å². The number of nitrogens with zero attached hydrogens (tertiary/aromatic N) is 1. The lowest BCUT2D eigenvalue weighted by Crippen LogP contribution is -2.61. The molecule has 1 aliphatic rings. The smallest absolute Gasteiger partial charge is 0.328 e. The molecule has 1 aliphatic heterocycles. The minimum absolute atomic E-state index is 0.0173. The van der Waals surface area contributed by atoms with Gasteiger partial charge in [-0.05, 0) is 165 Å². The highest BCUT2D eigenvalue weighted by atomic mass is 16.4. The number of nitrogens with two attached hydrogens (primary N) is 5. The van der Waals surface area contributed by atoms with E-state index in [0.29, 0.717) is 50.8 Å². The average molecular weight is 1550 g/mol. The molecular formula is C70H121N19O20. The van der Waals surface area contributed by atoms with Crippen molar-refractivity contribution in [3.05, 3.63) is 29.8 Å². The fraction of sp³-hybridized carbons (Fsp3) is 0.700. The highest BCUT2D eigenvalue weighted by molar-refractivity contribution is 5.99. The highest BCUT2D eigenvalue weighted by Crippen LogP contribution is 2.17. The third-order valence-electron chi connectivity index (χ3n) is 17.5. The summed E-state index contributed by atoms with van der Waals surface area (Å²) < 4.78 is 0. The number of aromatic hydroxyl groups is 1. The van der Waals surface area contributed by atoms with E-state index in [-0.39, 0.29) is 82.0 Å². The second-order valence-electron chi connectivity index (χ2n) is 28.6. The van der Waals surface area contributed by atoms with Gasteiger partial charge >= 0.3 is 5.97 Å². The zero-order chi connectivity index (χ0) is 82.2. The summed E-state index contributed by atoms with van der Waals surface area (Å²) in [7, 11) is 0. The van der Waals surface area contributed by atoms with Gasteiger partial charge in [0.1, 0.15) is 66.2 Å². The maximum atomic E-state index is 14.5. The summed E-state index contributed by atoms with van der Waals surface area (Å²) in [4.78, 5) is 205. The molecule has 39 nitrogen and oxygen atoms in total. The number of rotatable bonds is 54. The molecule has 616 valence electrons. The number of nitrogens with one attached hydrogen (secondary N) is 13. The summed E-state index contributed by atoms with van der Waals surface area (Å²) >= 11 is 0. The van der Waals surface area contributed by atoms with Crippen LogP contribution in [0.2, 0.25) is 0 Å². The van der Waals surface area contributed by atoms with Crippen LogP contribution in [0.1, 0.15) is 164 Å². The van der Waals surface area contributed by atoms with Gasteiger partial charge in [0.2, 0.25) is 76.8 Å². The summed E-state index contributed by atoms with van der Waals surface area (Å²) in [5.74, 6) is -16.0. The third-order valence-corrected chi connectivity index (χ3v) is 17.5. The normalized spacial score (nSPS) is 16.3. The molecule has 0 radical (unpaired) electrons. The van der Waals surface area contributed by atoms with Crippen molar-refractivity contribution < 1.29 is 97.5 Å². The summed E-state index contributed by atoms with van der Waals surface area (Å²) in [6.07, 6.45) is -2.00. The molecule has 0 saturated carbocycles. The minimum atomic E-state index is -1.97. The molecule has 1 aromatic rings. The monoisotopic (exact) mass is 1550 g/mol. The van der Waals surface area contributed by atoms with Gasteiger partial charge < -0.3 is 118 Å². The Bertz CT molecular complexity index is 3140. The number of benzene rings is 1. The van der Waals surface area contributed by atoms with E-state index in [9.17, 15) is 97.5 Å². The molecule has 1 fully saturated rings. The van der Waals surface area contributed by atoms with Crippen LogP contribution in [0.25, 0.3) is 0 Å². The van der Waals surface area contributed by atoms with Gasteiger partial charge in [0.25, 0.3) is 5.91 Å². The van der Waals surface area contributed by atoms with Crippen LogP contribution in [0, 0.1) is 17.8 Å². The molecule has 1 saturated heterocycles. The van der Waals surface area contributed by atoms with E-state index in [2.05, 4.69) is 69.2 Å². The number of carboxylic acid groups (broad SMARTS) is 1. The van der Waals surface area contributed by atoms with Crippen molar-refractivity contribution in [2.45, 2.75) is 249 Å². The molecule has 0 unspecified atom stereocenters. The maximum absolute atomic E-state index is 14.5. The Kier molecular flexibility index (Phi) is 44.4. The molecule has 14 atom stereocenters. The van der Waals surface area contributed by atoms with Gasteiger partial charge in [-0.15, -0.1) is 0 Å². The molecule has 0 aromatic heterocycles. The van der Waals surface area contributed by atoms with Crippen molar-refractivity contribution in [2.24, 2.45) is 46.4 Å². The number of amides is 14.